The smallest absolute Gasteiger partial charge is 0.321 e. The van der Waals surface area contributed by atoms with Crippen LogP contribution in [-0.4, -0.2) is 64.9 Å². The Labute approximate surface area is 210 Å². The van der Waals surface area contributed by atoms with E-state index in [9.17, 15) is 9.18 Å². The van der Waals surface area contributed by atoms with Gasteiger partial charge in [-0.05, 0) is 50.7 Å². The highest BCUT2D eigenvalue weighted by molar-refractivity contribution is 6.34. The molecule has 1 aromatic carbocycles. The van der Waals surface area contributed by atoms with Gasteiger partial charge in [-0.1, -0.05) is 41.9 Å². The fourth-order valence-corrected chi connectivity index (χ4v) is 5.16. The lowest BCUT2D eigenvalue weighted by Gasteiger charge is -2.37. The Hall–Kier alpha value is -2.45. The summed E-state index contributed by atoms with van der Waals surface area (Å²) in [4.78, 5) is 21.8. The minimum atomic E-state index is -0.356. The van der Waals surface area contributed by atoms with Crippen molar-refractivity contribution in [3.63, 3.8) is 0 Å². The summed E-state index contributed by atoms with van der Waals surface area (Å²) in [5.41, 5.74) is 2.50. The van der Waals surface area contributed by atoms with Crippen molar-refractivity contribution in [2.45, 2.75) is 63.3 Å². The van der Waals surface area contributed by atoms with Crippen LogP contribution in [-0.2, 0) is 5.41 Å². The predicted molar refractivity (Wildman–Crippen MR) is 135 cm³/mol. The molecule has 1 N–H and O–H groups in total. The maximum absolute atomic E-state index is 13.2. The van der Waals surface area contributed by atoms with E-state index in [0.29, 0.717) is 36.3 Å². The van der Waals surface area contributed by atoms with Gasteiger partial charge in [0, 0.05) is 49.1 Å². The first-order chi connectivity index (χ1) is 16.9. The summed E-state index contributed by atoms with van der Waals surface area (Å²) in [6.07, 6.45) is 6.69. The van der Waals surface area contributed by atoms with Crippen LogP contribution in [0.5, 0.6) is 0 Å². The number of carbonyl (C=O) groups is 1. The van der Waals surface area contributed by atoms with Gasteiger partial charge in [-0.15, -0.1) is 0 Å². The molecule has 9 heteroatoms. The summed E-state index contributed by atoms with van der Waals surface area (Å²) in [6.45, 7) is 6.37. The molecule has 35 heavy (non-hydrogen) atoms. The fourth-order valence-electron chi connectivity index (χ4n) is 4.94. The number of hydrogen-bond donors (Lipinski definition) is 1. The number of likely N-dealkylation sites (tertiary alicyclic amines) is 1. The van der Waals surface area contributed by atoms with E-state index in [1.807, 2.05) is 24.0 Å². The standard InChI is InChI=1S/C26H33ClFN5O2/c1-17(16-28)32-12-8-18(9-13-32)20-4-3-5-21(27)22(20)29-25(34)33-14-10-26(2,11-15-33)24-30-23(35-31-24)19-6-7-19/h3-5,8,17,19H,6-7,9-16H2,1-2H3,(H,29,34). The molecule has 2 fully saturated rings. The van der Waals surface area contributed by atoms with Crippen LogP contribution in [0.15, 0.2) is 28.8 Å². The highest BCUT2D eigenvalue weighted by Crippen LogP contribution is 2.41. The Kier molecular flexibility index (Phi) is 6.86. The third kappa shape index (κ3) is 5.09. The molecule has 7 nitrogen and oxygen atoms in total. The van der Waals surface area contributed by atoms with Gasteiger partial charge in [0.05, 0.1) is 10.7 Å². The van der Waals surface area contributed by atoms with E-state index >= 15 is 0 Å². The number of piperidine rings is 1. The predicted octanol–water partition coefficient (Wildman–Crippen LogP) is 5.63. The molecule has 1 aliphatic carbocycles. The first-order valence-corrected chi connectivity index (χ1v) is 12.9. The lowest BCUT2D eigenvalue weighted by molar-refractivity contribution is 0.169. The SMILES string of the molecule is CC(CF)N1CC=C(c2cccc(Cl)c2NC(=O)N2CCC(C)(c3noc(C4CC4)n3)CC2)CC1. The van der Waals surface area contributed by atoms with Gasteiger partial charge < -0.3 is 14.7 Å². The van der Waals surface area contributed by atoms with Gasteiger partial charge in [-0.25, -0.2) is 9.18 Å². The number of aromatic nitrogens is 2. The van der Waals surface area contributed by atoms with Crippen molar-refractivity contribution in [2.24, 2.45) is 0 Å². The number of anilines is 1. The molecule has 1 atom stereocenters. The van der Waals surface area contributed by atoms with Gasteiger partial charge in [0.2, 0.25) is 5.89 Å². The number of hydrogen-bond acceptors (Lipinski definition) is 5. The molecule has 0 radical (unpaired) electrons. The van der Waals surface area contributed by atoms with E-state index in [-0.39, 0.29) is 24.2 Å². The lowest BCUT2D eigenvalue weighted by atomic mass is 9.80. The number of benzene rings is 1. The monoisotopic (exact) mass is 501 g/mol. The maximum atomic E-state index is 13.2. The van der Waals surface area contributed by atoms with Crippen LogP contribution >= 0.6 is 11.6 Å². The van der Waals surface area contributed by atoms with Crippen LogP contribution in [0.4, 0.5) is 14.9 Å². The topological polar surface area (TPSA) is 74.5 Å². The molecule has 0 bridgehead atoms. The van der Waals surface area contributed by atoms with E-state index in [0.717, 1.165) is 61.5 Å². The van der Waals surface area contributed by atoms with Crippen LogP contribution in [0.2, 0.25) is 5.02 Å². The normalized spacial score (nSPS) is 21.5. The number of alkyl halides is 1. The number of urea groups is 1. The van der Waals surface area contributed by atoms with Crippen molar-refractivity contribution in [2.75, 3.05) is 38.2 Å². The number of amides is 2. The van der Waals surface area contributed by atoms with Gasteiger partial charge in [0.15, 0.2) is 5.82 Å². The first kappa shape index (κ1) is 24.3. The van der Waals surface area contributed by atoms with Crippen LogP contribution in [0.25, 0.3) is 5.57 Å². The Morgan fingerprint density at radius 3 is 2.74 bits per heavy atom. The second-order valence-electron chi connectivity index (χ2n) is 10.3. The highest BCUT2D eigenvalue weighted by atomic mass is 35.5. The zero-order valence-electron chi connectivity index (χ0n) is 20.4. The summed E-state index contributed by atoms with van der Waals surface area (Å²) < 4.78 is 18.5. The molecule has 2 aromatic rings. The van der Waals surface area contributed by atoms with Gasteiger partial charge in [0.1, 0.15) is 6.67 Å². The van der Waals surface area contributed by atoms with Crippen molar-refractivity contribution < 1.29 is 13.7 Å². The van der Waals surface area contributed by atoms with Crippen molar-refractivity contribution in [1.82, 2.24) is 19.9 Å². The van der Waals surface area contributed by atoms with Crippen LogP contribution < -0.4 is 5.32 Å². The number of nitrogens with one attached hydrogen (secondary N) is 1. The van der Waals surface area contributed by atoms with Crippen molar-refractivity contribution >= 4 is 28.9 Å². The minimum absolute atomic E-state index is 0.0936. The van der Waals surface area contributed by atoms with Crippen LogP contribution in [0.1, 0.15) is 69.1 Å². The molecule has 5 rings (SSSR count). The molecule has 1 saturated carbocycles. The number of halogens is 2. The molecular weight excluding hydrogens is 469 g/mol. The van der Waals surface area contributed by atoms with E-state index in [1.54, 1.807) is 6.07 Å². The first-order valence-electron chi connectivity index (χ1n) is 12.6. The van der Waals surface area contributed by atoms with Gasteiger partial charge in [0.25, 0.3) is 0 Å². The van der Waals surface area contributed by atoms with Crippen molar-refractivity contribution in [3.05, 3.63) is 46.6 Å². The van der Waals surface area contributed by atoms with E-state index in [4.69, 9.17) is 16.1 Å². The van der Waals surface area contributed by atoms with E-state index in [1.165, 1.54) is 0 Å². The van der Waals surface area contributed by atoms with Crippen molar-refractivity contribution in [1.29, 1.82) is 0 Å². The molecular formula is C26H33ClFN5O2. The lowest BCUT2D eigenvalue weighted by Crippen LogP contribution is -2.46. The fraction of sp³-hybridized carbons (Fsp3) is 0.577. The molecule has 1 unspecified atom stereocenters. The summed E-state index contributed by atoms with van der Waals surface area (Å²) in [5, 5.41) is 7.84. The minimum Gasteiger partial charge on any atom is -0.339 e. The summed E-state index contributed by atoms with van der Waals surface area (Å²) in [7, 11) is 0. The second-order valence-corrected chi connectivity index (χ2v) is 10.8. The molecule has 1 saturated heterocycles. The number of nitrogens with zero attached hydrogens (tertiary/aromatic N) is 4. The average Bonchev–Trinajstić information content (AvgIpc) is 3.60. The summed E-state index contributed by atoms with van der Waals surface area (Å²) in [5.74, 6) is 1.95. The van der Waals surface area contributed by atoms with E-state index < -0.39 is 0 Å². The Balaban J connectivity index is 1.25. The molecule has 3 aliphatic rings. The molecule has 3 heterocycles. The molecule has 1 aromatic heterocycles. The summed E-state index contributed by atoms with van der Waals surface area (Å²) >= 11 is 6.54. The number of para-hydroxylation sites is 1. The Bertz CT molecular complexity index is 1110. The largest absolute Gasteiger partial charge is 0.339 e. The Morgan fingerprint density at radius 1 is 1.31 bits per heavy atom. The Morgan fingerprint density at radius 2 is 2.09 bits per heavy atom. The van der Waals surface area contributed by atoms with Gasteiger partial charge in [-0.2, -0.15) is 4.98 Å². The molecule has 0 spiro atoms. The molecule has 2 amide bonds. The average molecular weight is 502 g/mol. The quantitative estimate of drug-likeness (QED) is 0.555. The van der Waals surface area contributed by atoms with E-state index in [2.05, 4.69) is 33.4 Å². The van der Waals surface area contributed by atoms with Crippen LogP contribution in [0, 0.1) is 0 Å². The third-order valence-electron chi connectivity index (χ3n) is 7.74. The van der Waals surface area contributed by atoms with Gasteiger partial charge >= 0.3 is 6.03 Å². The molecule has 188 valence electrons. The highest BCUT2D eigenvalue weighted by Gasteiger charge is 2.39. The zero-order chi connectivity index (χ0) is 24.6. The maximum Gasteiger partial charge on any atom is 0.321 e. The van der Waals surface area contributed by atoms with Crippen molar-refractivity contribution in [3.8, 4) is 0 Å². The zero-order valence-corrected chi connectivity index (χ0v) is 21.2. The van der Waals surface area contributed by atoms with Crippen LogP contribution in [0.3, 0.4) is 0 Å². The van der Waals surface area contributed by atoms with Gasteiger partial charge in [-0.3, -0.25) is 4.90 Å². The molecule has 2 aliphatic heterocycles. The number of rotatable bonds is 6. The second kappa shape index (κ2) is 9.90. The number of carbonyl (C=O) groups excluding carboxylic acids is 1. The third-order valence-corrected chi connectivity index (χ3v) is 8.06. The summed E-state index contributed by atoms with van der Waals surface area (Å²) in [6, 6.07) is 5.43.